The Hall–Kier alpha value is -2.31. The summed E-state index contributed by atoms with van der Waals surface area (Å²) in [7, 11) is 1.58. The van der Waals surface area contributed by atoms with E-state index in [0.29, 0.717) is 5.75 Å². The predicted octanol–water partition coefficient (Wildman–Crippen LogP) is 2.88. The van der Waals surface area contributed by atoms with Gasteiger partial charge in [0.2, 0.25) is 0 Å². The largest absolute Gasteiger partial charge is 0.504 e. The van der Waals surface area contributed by atoms with Crippen LogP contribution in [0.4, 0.5) is 0 Å². The minimum atomic E-state index is 0.00562. The van der Waals surface area contributed by atoms with E-state index in [2.05, 4.69) is 30.1 Å². The van der Waals surface area contributed by atoms with E-state index in [1.807, 2.05) is 17.0 Å². The maximum atomic E-state index is 13.2. The van der Waals surface area contributed by atoms with Crippen molar-refractivity contribution in [1.29, 1.82) is 0 Å². The highest BCUT2D eigenvalue weighted by atomic mass is 16.5. The monoisotopic (exact) mass is 425 g/mol. The summed E-state index contributed by atoms with van der Waals surface area (Å²) in [5.41, 5.74) is 4.83. The van der Waals surface area contributed by atoms with E-state index in [0.717, 1.165) is 76.1 Å². The molecule has 3 aliphatic rings. The number of rotatable bonds is 6. The number of phenolic OH excluding ortho intramolecular Hbond substituents is 1. The molecule has 0 saturated carbocycles. The topological polar surface area (TPSA) is 65.0 Å². The highest BCUT2D eigenvalue weighted by molar-refractivity contribution is 5.98. The van der Waals surface area contributed by atoms with Crippen LogP contribution in [0.2, 0.25) is 0 Å². The molecule has 31 heavy (non-hydrogen) atoms. The van der Waals surface area contributed by atoms with E-state index < -0.39 is 0 Å². The summed E-state index contributed by atoms with van der Waals surface area (Å²) >= 11 is 0. The predicted molar refractivity (Wildman–Crippen MR) is 122 cm³/mol. The van der Waals surface area contributed by atoms with E-state index in [4.69, 9.17) is 4.74 Å². The second-order valence-electron chi connectivity index (χ2n) is 9.46. The fourth-order valence-electron chi connectivity index (χ4n) is 4.87. The van der Waals surface area contributed by atoms with Crippen LogP contribution < -0.4 is 10.1 Å². The lowest BCUT2D eigenvalue weighted by atomic mass is 9.92. The van der Waals surface area contributed by atoms with Gasteiger partial charge in [0.15, 0.2) is 11.5 Å². The van der Waals surface area contributed by atoms with Crippen LogP contribution in [0.3, 0.4) is 0 Å². The molecular formula is C25H35N3O3. The number of nitrogens with zero attached hydrogens (tertiary/aromatic N) is 2. The lowest BCUT2D eigenvalue weighted by Gasteiger charge is -2.36. The molecule has 2 aliphatic heterocycles. The molecule has 0 atom stereocenters. The molecule has 0 unspecified atom stereocenters. The first kappa shape index (κ1) is 21.9. The van der Waals surface area contributed by atoms with Crippen LogP contribution in [0.25, 0.3) is 0 Å². The van der Waals surface area contributed by atoms with Gasteiger partial charge >= 0.3 is 0 Å². The van der Waals surface area contributed by atoms with Crippen molar-refractivity contribution in [2.45, 2.75) is 45.1 Å². The van der Waals surface area contributed by atoms with Gasteiger partial charge in [-0.1, -0.05) is 17.7 Å². The van der Waals surface area contributed by atoms with Crippen molar-refractivity contribution < 1.29 is 14.6 Å². The average molecular weight is 426 g/mol. The zero-order valence-corrected chi connectivity index (χ0v) is 19.0. The number of allylic oxidation sites excluding steroid dienone is 1. The Morgan fingerprint density at radius 1 is 1.23 bits per heavy atom. The second-order valence-corrected chi connectivity index (χ2v) is 9.46. The van der Waals surface area contributed by atoms with Crippen molar-refractivity contribution in [2.24, 2.45) is 0 Å². The molecule has 168 valence electrons. The highest BCUT2D eigenvalue weighted by Crippen LogP contribution is 2.37. The molecule has 1 amide bonds. The highest BCUT2D eigenvalue weighted by Gasteiger charge is 2.37. The van der Waals surface area contributed by atoms with E-state index in [1.165, 1.54) is 11.1 Å². The van der Waals surface area contributed by atoms with Crippen molar-refractivity contribution in [3.8, 4) is 11.5 Å². The lowest BCUT2D eigenvalue weighted by molar-refractivity contribution is -0.127. The SMILES string of the molecule is COc1cc(CCC(C)(C)N2CC3=C(C2)C(C(=O)N2CCNCC2)=CCC3)ccc1O. The molecular weight excluding hydrogens is 390 g/mol. The number of carbonyl (C=O) groups is 1. The van der Waals surface area contributed by atoms with Gasteiger partial charge in [-0.3, -0.25) is 9.69 Å². The van der Waals surface area contributed by atoms with Crippen molar-refractivity contribution in [3.63, 3.8) is 0 Å². The van der Waals surface area contributed by atoms with E-state index in [-0.39, 0.29) is 17.2 Å². The normalized spacial score (nSPS) is 20.0. The van der Waals surface area contributed by atoms with Gasteiger partial charge in [-0.2, -0.15) is 0 Å². The fourth-order valence-corrected chi connectivity index (χ4v) is 4.87. The number of nitrogens with one attached hydrogen (secondary N) is 1. The minimum Gasteiger partial charge on any atom is -0.504 e. The molecule has 1 saturated heterocycles. The van der Waals surface area contributed by atoms with E-state index in [9.17, 15) is 9.90 Å². The first-order valence-corrected chi connectivity index (χ1v) is 11.4. The molecule has 6 heteroatoms. The number of hydrogen-bond acceptors (Lipinski definition) is 5. The molecule has 1 fully saturated rings. The summed E-state index contributed by atoms with van der Waals surface area (Å²) < 4.78 is 5.25. The molecule has 1 aliphatic carbocycles. The van der Waals surface area contributed by atoms with Crippen molar-refractivity contribution >= 4 is 5.91 Å². The summed E-state index contributed by atoms with van der Waals surface area (Å²) in [5, 5.41) is 13.2. The summed E-state index contributed by atoms with van der Waals surface area (Å²) in [6.07, 6.45) is 6.10. The first-order chi connectivity index (χ1) is 14.9. The van der Waals surface area contributed by atoms with Gasteiger partial charge in [0.25, 0.3) is 5.91 Å². The Labute approximate surface area is 185 Å². The van der Waals surface area contributed by atoms with Crippen molar-refractivity contribution in [2.75, 3.05) is 46.4 Å². The average Bonchev–Trinajstić information content (AvgIpc) is 3.24. The second kappa shape index (κ2) is 9.05. The van der Waals surface area contributed by atoms with Crippen LogP contribution in [0.15, 0.2) is 41.0 Å². The molecule has 1 aromatic rings. The lowest BCUT2D eigenvalue weighted by Crippen LogP contribution is -2.47. The maximum absolute atomic E-state index is 13.2. The maximum Gasteiger partial charge on any atom is 0.253 e. The Morgan fingerprint density at radius 2 is 2.00 bits per heavy atom. The molecule has 1 aromatic carbocycles. The fraction of sp³-hybridized carbons (Fsp3) is 0.560. The van der Waals surface area contributed by atoms with Gasteiger partial charge in [0.05, 0.1) is 7.11 Å². The molecule has 0 aromatic heterocycles. The van der Waals surface area contributed by atoms with Crippen molar-refractivity contribution in [3.05, 3.63) is 46.6 Å². The van der Waals surface area contributed by atoms with Crippen LogP contribution >= 0.6 is 0 Å². The Morgan fingerprint density at radius 3 is 2.74 bits per heavy atom. The third kappa shape index (κ3) is 4.65. The van der Waals surface area contributed by atoms with Crippen LogP contribution in [-0.4, -0.2) is 72.7 Å². The first-order valence-electron chi connectivity index (χ1n) is 11.4. The third-order valence-electron chi connectivity index (χ3n) is 7.04. The number of aromatic hydroxyl groups is 1. The molecule has 0 spiro atoms. The number of benzene rings is 1. The minimum absolute atomic E-state index is 0.00562. The van der Waals surface area contributed by atoms with Gasteiger partial charge < -0.3 is 20.1 Å². The number of methoxy groups -OCH3 is 1. The molecule has 2 N–H and O–H groups in total. The van der Waals surface area contributed by atoms with E-state index in [1.54, 1.807) is 13.2 Å². The van der Waals surface area contributed by atoms with Gasteiger partial charge in [0.1, 0.15) is 0 Å². The Bertz CT molecular complexity index is 897. The summed E-state index contributed by atoms with van der Waals surface area (Å²) in [6, 6.07) is 5.59. The number of phenols is 1. The zero-order valence-electron chi connectivity index (χ0n) is 19.0. The van der Waals surface area contributed by atoms with Gasteiger partial charge in [-0.05, 0) is 62.8 Å². The van der Waals surface area contributed by atoms with Gasteiger partial charge in [0, 0.05) is 50.4 Å². The molecule has 2 heterocycles. The van der Waals surface area contributed by atoms with Crippen LogP contribution in [0.1, 0.15) is 38.7 Å². The van der Waals surface area contributed by atoms with Gasteiger partial charge in [-0.15, -0.1) is 0 Å². The zero-order chi connectivity index (χ0) is 22.0. The number of aryl methyl sites for hydroxylation is 1. The van der Waals surface area contributed by atoms with Crippen LogP contribution in [0, 0.1) is 0 Å². The Balaban J connectivity index is 1.41. The third-order valence-corrected chi connectivity index (χ3v) is 7.04. The summed E-state index contributed by atoms with van der Waals surface area (Å²) in [6.45, 7) is 9.75. The van der Waals surface area contributed by atoms with Crippen LogP contribution in [0.5, 0.6) is 11.5 Å². The molecule has 4 rings (SSSR count). The number of hydrogen-bond donors (Lipinski definition) is 2. The quantitative estimate of drug-likeness (QED) is 0.734. The standard InChI is InChI=1S/C25H35N3O3/c1-25(2,10-9-18-7-8-22(29)23(15-18)31-3)28-16-19-5-4-6-20(21(19)17-28)24(30)27-13-11-26-12-14-27/h6-8,15,26,29H,4-5,9-14,16-17H2,1-3H3. The van der Waals surface area contributed by atoms with Crippen LogP contribution in [-0.2, 0) is 11.2 Å². The molecule has 6 nitrogen and oxygen atoms in total. The summed E-state index contributed by atoms with van der Waals surface area (Å²) in [5.74, 6) is 0.912. The van der Waals surface area contributed by atoms with E-state index >= 15 is 0 Å². The molecule has 0 bridgehead atoms. The number of ether oxygens (including phenoxy) is 1. The van der Waals surface area contributed by atoms with Crippen molar-refractivity contribution in [1.82, 2.24) is 15.1 Å². The van der Waals surface area contributed by atoms with Gasteiger partial charge in [-0.25, -0.2) is 0 Å². The molecule has 0 radical (unpaired) electrons. The number of piperazine rings is 1. The Kier molecular flexibility index (Phi) is 6.39. The summed E-state index contributed by atoms with van der Waals surface area (Å²) in [4.78, 5) is 17.7. The smallest absolute Gasteiger partial charge is 0.253 e. The number of amides is 1. The number of carbonyl (C=O) groups excluding carboxylic acids is 1.